The Morgan fingerprint density at radius 3 is 2.68 bits per heavy atom. The molecule has 0 saturated carbocycles. The van der Waals surface area contributed by atoms with Crippen molar-refractivity contribution in [2.45, 2.75) is 43.6 Å². The molecule has 0 saturated heterocycles. The van der Waals surface area contributed by atoms with Crippen molar-refractivity contribution in [1.29, 1.82) is 0 Å². The van der Waals surface area contributed by atoms with E-state index in [1.54, 1.807) is 0 Å². The van der Waals surface area contributed by atoms with Crippen LogP contribution in [0.15, 0.2) is 53.7 Å². The molecule has 2 N–H and O–H groups in total. The van der Waals surface area contributed by atoms with Crippen LogP contribution < -0.4 is 10.7 Å². The first-order valence-corrected chi connectivity index (χ1v) is 10.3. The number of thioether (sulfide) groups is 1. The molecule has 0 radical (unpaired) electrons. The number of hydrogen-bond donors (Lipinski definition) is 2. The SMILES string of the molecule is CCc1nnc2n1N[C@@H](c1ccccc1)[C@@H](C(=O)Nc1ccc(C)cc1C)S2. The first-order valence-electron chi connectivity index (χ1n) is 9.37. The van der Waals surface area contributed by atoms with E-state index in [4.69, 9.17) is 0 Å². The van der Waals surface area contributed by atoms with Crippen LogP contribution in [-0.4, -0.2) is 26.0 Å². The van der Waals surface area contributed by atoms with Gasteiger partial charge in [0.2, 0.25) is 11.1 Å². The van der Waals surface area contributed by atoms with Gasteiger partial charge in [0.05, 0.1) is 6.04 Å². The third kappa shape index (κ3) is 3.49. The van der Waals surface area contributed by atoms with Crippen LogP contribution in [0.25, 0.3) is 0 Å². The summed E-state index contributed by atoms with van der Waals surface area (Å²) in [5.74, 6) is 0.808. The molecule has 2 heterocycles. The van der Waals surface area contributed by atoms with Gasteiger partial charge in [-0.2, -0.15) is 0 Å². The van der Waals surface area contributed by atoms with E-state index < -0.39 is 0 Å². The lowest BCUT2D eigenvalue weighted by Crippen LogP contribution is -2.41. The molecular formula is C21H23N5OS. The number of benzene rings is 2. The molecule has 1 aliphatic rings. The normalized spacial score (nSPS) is 18.2. The lowest BCUT2D eigenvalue weighted by molar-refractivity contribution is -0.116. The number of carbonyl (C=O) groups is 1. The van der Waals surface area contributed by atoms with Gasteiger partial charge >= 0.3 is 0 Å². The van der Waals surface area contributed by atoms with Crippen LogP contribution in [0.2, 0.25) is 0 Å². The van der Waals surface area contributed by atoms with Gasteiger partial charge in [-0.1, -0.05) is 66.7 Å². The van der Waals surface area contributed by atoms with Crippen molar-refractivity contribution in [2.75, 3.05) is 10.7 Å². The van der Waals surface area contributed by atoms with E-state index in [0.29, 0.717) is 5.16 Å². The summed E-state index contributed by atoms with van der Waals surface area (Å²) in [7, 11) is 0. The molecule has 0 unspecified atom stereocenters. The Bertz CT molecular complexity index is 1000. The highest BCUT2D eigenvalue weighted by atomic mass is 32.2. The molecular weight excluding hydrogens is 370 g/mol. The summed E-state index contributed by atoms with van der Waals surface area (Å²) in [4.78, 5) is 13.2. The number of rotatable bonds is 4. The minimum atomic E-state index is -0.371. The van der Waals surface area contributed by atoms with Crippen LogP contribution in [-0.2, 0) is 11.2 Å². The maximum Gasteiger partial charge on any atom is 0.240 e. The minimum Gasteiger partial charge on any atom is -0.325 e. The molecule has 144 valence electrons. The van der Waals surface area contributed by atoms with Gasteiger partial charge in [0.25, 0.3) is 0 Å². The number of nitrogens with one attached hydrogen (secondary N) is 2. The molecule has 2 atom stereocenters. The Hall–Kier alpha value is -2.80. The zero-order valence-electron chi connectivity index (χ0n) is 16.1. The molecule has 28 heavy (non-hydrogen) atoms. The first kappa shape index (κ1) is 18.6. The molecule has 1 aromatic heterocycles. The average Bonchev–Trinajstić information content (AvgIpc) is 3.12. The summed E-state index contributed by atoms with van der Waals surface area (Å²) in [6.07, 6.45) is 0.765. The second kappa shape index (κ2) is 7.67. The van der Waals surface area contributed by atoms with Gasteiger partial charge in [0.1, 0.15) is 5.25 Å². The van der Waals surface area contributed by atoms with Gasteiger partial charge < -0.3 is 10.7 Å². The zero-order chi connectivity index (χ0) is 19.7. The lowest BCUT2D eigenvalue weighted by atomic mass is 10.0. The van der Waals surface area contributed by atoms with Gasteiger partial charge in [-0.3, -0.25) is 4.79 Å². The molecule has 1 aliphatic heterocycles. The Balaban J connectivity index is 1.67. The average molecular weight is 394 g/mol. The number of amides is 1. The summed E-state index contributed by atoms with van der Waals surface area (Å²) in [6, 6.07) is 15.9. The quantitative estimate of drug-likeness (QED) is 0.704. The predicted molar refractivity (Wildman–Crippen MR) is 112 cm³/mol. The molecule has 6 nitrogen and oxygen atoms in total. The van der Waals surface area contributed by atoms with Gasteiger partial charge in [0, 0.05) is 12.1 Å². The third-order valence-corrected chi connectivity index (χ3v) is 6.09. The van der Waals surface area contributed by atoms with Crippen LogP contribution in [0, 0.1) is 13.8 Å². The van der Waals surface area contributed by atoms with Crippen LogP contribution in [0.3, 0.4) is 0 Å². The summed E-state index contributed by atoms with van der Waals surface area (Å²) in [6.45, 7) is 6.09. The van der Waals surface area contributed by atoms with Crippen molar-refractivity contribution >= 4 is 23.4 Å². The molecule has 0 aliphatic carbocycles. The van der Waals surface area contributed by atoms with Gasteiger partial charge in [0.15, 0.2) is 5.82 Å². The van der Waals surface area contributed by atoms with E-state index >= 15 is 0 Å². The van der Waals surface area contributed by atoms with Crippen LogP contribution in [0.1, 0.15) is 35.5 Å². The standard InChI is InChI=1S/C21H23N5OS/c1-4-17-23-24-21-26(17)25-18(15-8-6-5-7-9-15)19(28-21)20(27)22-16-11-10-13(2)12-14(16)3/h5-12,18-19,25H,4H2,1-3H3,(H,22,27)/t18-,19-/m0/s1. The van der Waals surface area contributed by atoms with E-state index in [9.17, 15) is 4.79 Å². The highest BCUT2D eigenvalue weighted by Gasteiger charge is 2.37. The second-order valence-corrected chi connectivity index (χ2v) is 8.06. The number of hydrogen-bond acceptors (Lipinski definition) is 5. The topological polar surface area (TPSA) is 71.8 Å². The molecule has 7 heteroatoms. The minimum absolute atomic E-state index is 0.0504. The van der Waals surface area contributed by atoms with E-state index in [-0.39, 0.29) is 17.2 Å². The largest absolute Gasteiger partial charge is 0.325 e. The summed E-state index contributed by atoms with van der Waals surface area (Å²) < 4.78 is 1.91. The van der Waals surface area contributed by atoms with Crippen LogP contribution in [0.5, 0.6) is 0 Å². The first-order chi connectivity index (χ1) is 13.6. The number of nitrogens with zero attached hydrogens (tertiary/aromatic N) is 3. The molecule has 3 aromatic rings. The van der Waals surface area contributed by atoms with E-state index in [1.807, 2.05) is 67.9 Å². The van der Waals surface area contributed by atoms with Crippen LogP contribution in [0.4, 0.5) is 5.69 Å². The molecule has 4 rings (SSSR count). The molecule has 0 fully saturated rings. The maximum atomic E-state index is 13.2. The number of anilines is 1. The third-order valence-electron chi connectivity index (χ3n) is 4.88. The summed E-state index contributed by atoms with van der Waals surface area (Å²) in [5.41, 5.74) is 7.58. The highest BCUT2D eigenvalue weighted by molar-refractivity contribution is 8.00. The summed E-state index contributed by atoms with van der Waals surface area (Å²) in [5, 5.41) is 11.9. The molecule has 2 aromatic carbocycles. The number of aromatic nitrogens is 3. The monoisotopic (exact) mass is 393 g/mol. The number of fused-ring (bicyclic) bond motifs is 1. The Kier molecular flexibility index (Phi) is 5.09. The zero-order valence-corrected chi connectivity index (χ0v) is 17.0. The fourth-order valence-corrected chi connectivity index (χ4v) is 4.49. The Labute approximate surface area is 168 Å². The smallest absolute Gasteiger partial charge is 0.240 e. The highest BCUT2D eigenvalue weighted by Crippen LogP contribution is 2.37. The fourth-order valence-electron chi connectivity index (χ4n) is 3.40. The number of aryl methyl sites for hydroxylation is 3. The van der Waals surface area contributed by atoms with E-state index in [0.717, 1.165) is 29.1 Å². The fraction of sp³-hybridized carbons (Fsp3) is 0.286. The van der Waals surface area contributed by atoms with Gasteiger partial charge in [-0.05, 0) is 31.0 Å². The number of carbonyl (C=O) groups excluding carboxylic acids is 1. The van der Waals surface area contributed by atoms with E-state index in [1.165, 1.54) is 17.3 Å². The van der Waals surface area contributed by atoms with Crippen molar-refractivity contribution in [3.63, 3.8) is 0 Å². The van der Waals surface area contributed by atoms with Crippen molar-refractivity contribution in [3.8, 4) is 0 Å². The van der Waals surface area contributed by atoms with Crippen molar-refractivity contribution in [2.24, 2.45) is 0 Å². The lowest BCUT2D eigenvalue weighted by Gasteiger charge is -2.33. The molecule has 1 amide bonds. The molecule has 0 spiro atoms. The Morgan fingerprint density at radius 1 is 1.18 bits per heavy atom. The summed E-state index contributed by atoms with van der Waals surface area (Å²) >= 11 is 1.45. The second-order valence-electron chi connectivity index (χ2n) is 6.95. The van der Waals surface area contributed by atoms with Crippen LogP contribution >= 0.6 is 11.8 Å². The van der Waals surface area contributed by atoms with Crippen molar-refractivity contribution in [3.05, 3.63) is 71.0 Å². The van der Waals surface area contributed by atoms with Gasteiger partial charge in [-0.25, -0.2) is 4.68 Å². The predicted octanol–water partition coefficient (Wildman–Crippen LogP) is 3.86. The van der Waals surface area contributed by atoms with Crippen molar-refractivity contribution in [1.82, 2.24) is 14.9 Å². The Morgan fingerprint density at radius 2 is 1.96 bits per heavy atom. The van der Waals surface area contributed by atoms with Gasteiger partial charge in [-0.15, -0.1) is 10.2 Å². The molecule has 0 bridgehead atoms. The van der Waals surface area contributed by atoms with Crippen molar-refractivity contribution < 1.29 is 4.79 Å². The maximum absolute atomic E-state index is 13.2. The van der Waals surface area contributed by atoms with E-state index in [2.05, 4.69) is 27.0 Å².